The van der Waals surface area contributed by atoms with Crippen molar-refractivity contribution in [2.75, 3.05) is 7.11 Å². The maximum absolute atomic E-state index is 12.5. The third-order valence-electron chi connectivity index (χ3n) is 4.70. The first-order valence-corrected chi connectivity index (χ1v) is 10.4. The van der Waals surface area contributed by atoms with Gasteiger partial charge in [0.25, 0.3) is 0 Å². The molecular formula is C22H22N4O3S. The molecule has 0 aliphatic rings. The Morgan fingerprint density at radius 2 is 2.23 bits per heavy atom. The van der Waals surface area contributed by atoms with Gasteiger partial charge in [-0.2, -0.15) is 5.10 Å². The number of carbonyl (C=O) groups is 1. The molecule has 0 fully saturated rings. The number of thiophene rings is 1. The number of aromatic nitrogens is 3. The van der Waals surface area contributed by atoms with E-state index < -0.39 is 0 Å². The number of methoxy groups -OCH3 is 1. The predicted molar refractivity (Wildman–Crippen MR) is 114 cm³/mol. The molecule has 8 heteroatoms. The van der Waals surface area contributed by atoms with Crippen molar-refractivity contribution in [2.24, 2.45) is 0 Å². The zero-order valence-electron chi connectivity index (χ0n) is 16.7. The van der Waals surface area contributed by atoms with Gasteiger partial charge in [0.15, 0.2) is 0 Å². The molecule has 3 aromatic heterocycles. The number of hydrogen-bond acceptors (Lipinski definition) is 6. The Morgan fingerprint density at radius 1 is 1.33 bits per heavy atom. The van der Waals surface area contributed by atoms with Crippen molar-refractivity contribution in [1.82, 2.24) is 20.1 Å². The molecule has 0 unspecified atom stereocenters. The Morgan fingerprint density at radius 3 is 2.97 bits per heavy atom. The van der Waals surface area contributed by atoms with Gasteiger partial charge in [-0.15, -0.1) is 11.3 Å². The first-order chi connectivity index (χ1) is 14.6. The van der Waals surface area contributed by atoms with Gasteiger partial charge in [-0.1, -0.05) is 12.1 Å². The van der Waals surface area contributed by atoms with Crippen molar-refractivity contribution in [3.05, 3.63) is 77.3 Å². The number of ether oxygens (including phenoxy) is 1. The molecule has 0 aliphatic carbocycles. The van der Waals surface area contributed by atoms with E-state index in [0.29, 0.717) is 18.1 Å². The van der Waals surface area contributed by atoms with Gasteiger partial charge < -0.3 is 14.5 Å². The average Bonchev–Trinajstić information content (AvgIpc) is 3.50. The largest absolute Gasteiger partial charge is 0.496 e. The van der Waals surface area contributed by atoms with Crippen LogP contribution in [0.15, 0.2) is 64.9 Å². The van der Waals surface area contributed by atoms with E-state index in [1.165, 1.54) is 6.26 Å². The molecule has 0 aliphatic heterocycles. The zero-order chi connectivity index (χ0) is 20.9. The van der Waals surface area contributed by atoms with Gasteiger partial charge in [-0.3, -0.25) is 9.48 Å². The van der Waals surface area contributed by atoms with Crippen molar-refractivity contribution < 1.29 is 13.9 Å². The van der Waals surface area contributed by atoms with Crippen LogP contribution in [-0.2, 0) is 17.8 Å². The Hall–Kier alpha value is -3.39. The first kappa shape index (κ1) is 19.9. The van der Waals surface area contributed by atoms with E-state index in [1.807, 2.05) is 59.6 Å². The average molecular weight is 423 g/mol. The fraction of sp³-hybridized carbons (Fsp3) is 0.227. The smallest absolute Gasteiger partial charge is 0.236 e. The lowest BCUT2D eigenvalue weighted by molar-refractivity contribution is -0.121. The minimum absolute atomic E-state index is 0.113. The molecule has 0 bridgehead atoms. The summed E-state index contributed by atoms with van der Waals surface area (Å²) in [4.78, 5) is 17.9. The van der Waals surface area contributed by atoms with Gasteiger partial charge in [0.2, 0.25) is 11.8 Å². The van der Waals surface area contributed by atoms with Crippen LogP contribution in [0.2, 0.25) is 0 Å². The fourth-order valence-corrected chi connectivity index (χ4v) is 3.86. The highest BCUT2D eigenvalue weighted by Gasteiger charge is 2.15. The van der Waals surface area contributed by atoms with E-state index >= 15 is 0 Å². The van der Waals surface area contributed by atoms with Crippen molar-refractivity contribution in [3.63, 3.8) is 0 Å². The lowest BCUT2D eigenvalue weighted by Crippen LogP contribution is -2.28. The Kier molecular flexibility index (Phi) is 5.94. The number of nitrogens with one attached hydrogen (secondary N) is 1. The van der Waals surface area contributed by atoms with E-state index in [2.05, 4.69) is 15.4 Å². The number of amides is 1. The van der Waals surface area contributed by atoms with Crippen molar-refractivity contribution in [1.29, 1.82) is 0 Å². The minimum atomic E-state index is -0.163. The minimum Gasteiger partial charge on any atom is -0.496 e. The van der Waals surface area contributed by atoms with Crippen LogP contribution >= 0.6 is 11.3 Å². The van der Waals surface area contributed by atoms with Crippen LogP contribution in [-0.4, -0.2) is 27.8 Å². The Labute approximate surface area is 178 Å². The molecule has 1 N–H and O–H groups in total. The summed E-state index contributed by atoms with van der Waals surface area (Å²) in [6.45, 7) is 2.55. The quantitative estimate of drug-likeness (QED) is 0.463. The summed E-state index contributed by atoms with van der Waals surface area (Å²) < 4.78 is 12.8. The van der Waals surface area contributed by atoms with Crippen LogP contribution in [0.25, 0.3) is 10.8 Å². The van der Waals surface area contributed by atoms with Crippen LogP contribution < -0.4 is 10.1 Å². The lowest BCUT2D eigenvalue weighted by atomic mass is 10.0. The molecule has 154 valence electrons. The highest BCUT2D eigenvalue weighted by molar-refractivity contribution is 7.13. The molecule has 0 radical (unpaired) electrons. The van der Waals surface area contributed by atoms with Gasteiger partial charge in [0.1, 0.15) is 12.0 Å². The molecule has 1 amide bonds. The molecule has 0 spiro atoms. The van der Waals surface area contributed by atoms with Crippen molar-refractivity contribution in [3.8, 4) is 16.5 Å². The number of nitrogens with zero attached hydrogens (tertiary/aromatic N) is 3. The van der Waals surface area contributed by atoms with Crippen LogP contribution in [0.1, 0.15) is 29.8 Å². The number of rotatable bonds is 8. The Balaban J connectivity index is 1.41. The molecule has 0 saturated carbocycles. The number of hydrogen-bond donors (Lipinski definition) is 1. The monoisotopic (exact) mass is 422 g/mol. The summed E-state index contributed by atoms with van der Waals surface area (Å²) in [7, 11) is 1.65. The van der Waals surface area contributed by atoms with E-state index in [4.69, 9.17) is 9.15 Å². The maximum Gasteiger partial charge on any atom is 0.236 e. The number of carbonyl (C=O) groups excluding carboxylic acids is 1. The van der Waals surface area contributed by atoms with Crippen LogP contribution in [0.3, 0.4) is 0 Å². The third kappa shape index (κ3) is 4.60. The summed E-state index contributed by atoms with van der Waals surface area (Å²) in [6.07, 6.45) is 5.34. The highest BCUT2D eigenvalue weighted by Crippen LogP contribution is 2.25. The summed E-state index contributed by atoms with van der Waals surface area (Å²) >= 11 is 1.55. The van der Waals surface area contributed by atoms with E-state index in [0.717, 1.165) is 21.8 Å². The molecule has 7 nitrogen and oxygen atoms in total. The molecule has 4 aromatic rings. The summed E-state index contributed by atoms with van der Waals surface area (Å²) in [5.41, 5.74) is 2.60. The number of oxazole rings is 1. The second-order valence-electron chi connectivity index (χ2n) is 6.86. The SMILES string of the molecule is COc1ccc([C@@H](C)NC(=O)Cc2coc(-c3cccs3)n2)cc1Cn1cccn1. The summed E-state index contributed by atoms with van der Waals surface area (Å²) in [5.74, 6) is 1.22. The predicted octanol–water partition coefficient (Wildman–Crippen LogP) is 4.08. The van der Waals surface area contributed by atoms with Gasteiger partial charge in [-0.25, -0.2) is 4.98 Å². The lowest BCUT2D eigenvalue weighted by Gasteiger charge is -2.17. The van der Waals surface area contributed by atoms with Crippen LogP contribution in [0.4, 0.5) is 0 Å². The van der Waals surface area contributed by atoms with Crippen LogP contribution in [0, 0.1) is 0 Å². The first-order valence-electron chi connectivity index (χ1n) is 9.54. The summed E-state index contributed by atoms with van der Waals surface area (Å²) in [6, 6.07) is 11.5. The van der Waals surface area contributed by atoms with Crippen LogP contribution in [0.5, 0.6) is 5.75 Å². The second kappa shape index (κ2) is 8.96. The van der Waals surface area contributed by atoms with E-state index in [9.17, 15) is 4.79 Å². The highest BCUT2D eigenvalue weighted by atomic mass is 32.1. The van der Waals surface area contributed by atoms with E-state index in [1.54, 1.807) is 24.6 Å². The molecule has 3 heterocycles. The normalized spacial score (nSPS) is 11.9. The van der Waals surface area contributed by atoms with Gasteiger partial charge >= 0.3 is 0 Å². The molecule has 30 heavy (non-hydrogen) atoms. The van der Waals surface area contributed by atoms with Crippen molar-refractivity contribution in [2.45, 2.75) is 25.9 Å². The van der Waals surface area contributed by atoms with Crippen molar-refractivity contribution >= 4 is 17.2 Å². The molecule has 4 rings (SSSR count). The second-order valence-corrected chi connectivity index (χ2v) is 7.81. The fourth-order valence-electron chi connectivity index (χ4n) is 3.20. The standard InChI is InChI=1S/C22H22N4O3S/c1-15(16-6-7-19(28-2)17(11-16)13-26-9-4-8-23-26)24-21(27)12-18-14-29-22(25-18)20-5-3-10-30-20/h3-11,14-15H,12-13H2,1-2H3,(H,24,27)/t15-/m1/s1. The summed E-state index contributed by atoms with van der Waals surface area (Å²) in [5, 5.41) is 9.25. The zero-order valence-corrected chi connectivity index (χ0v) is 17.6. The number of benzene rings is 1. The van der Waals surface area contributed by atoms with E-state index in [-0.39, 0.29) is 18.4 Å². The Bertz CT molecular complexity index is 1100. The van der Waals surface area contributed by atoms with Gasteiger partial charge in [0.05, 0.1) is 36.7 Å². The maximum atomic E-state index is 12.5. The topological polar surface area (TPSA) is 82.2 Å². The molecular weight excluding hydrogens is 400 g/mol. The molecule has 0 saturated heterocycles. The van der Waals surface area contributed by atoms with Gasteiger partial charge in [-0.05, 0) is 42.1 Å². The third-order valence-corrected chi connectivity index (χ3v) is 5.56. The van der Waals surface area contributed by atoms with Gasteiger partial charge in [0, 0.05) is 18.0 Å². The molecule has 1 atom stereocenters. The molecule has 1 aromatic carbocycles.